The van der Waals surface area contributed by atoms with Gasteiger partial charge in [0.15, 0.2) is 5.84 Å². The molecule has 0 saturated heterocycles. The van der Waals surface area contributed by atoms with E-state index in [1.54, 1.807) is 11.3 Å². The molecule has 0 amide bonds. The Balaban J connectivity index is 1.07. The van der Waals surface area contributed by atoms with Gasteiger partial charge in [0.1, 0.15) is 10.8 Å². The first kappa shape index (κ1) is 31.4. The van der Waals surface area contributed by atoms with Crippen LogP contribution in [-0.2, 0) is 6.54 Å². The van der Waals surface area contributed by atoms with Gasteiger partial charge in [0.25, 0.3) is 0 Å². The predicted molar refractivity (Wildman–Crippen MR) is 219 cm³/mol. The van der Waals surface area contributed by atoms with E-state index in [4.69, 9.17) is 20.7 Å². The molecule has 6 heteroatoms. The topological polar surface area (TPSA) is 68.6 Å². The molecule has 0 bridgehead atoms. The van der Waals surface area contributed by atoms with Crippen LogP contribution in [0.4, 0.5) is 0 Å². The summed E-state index contributed by atoms with van der Waals surface area (Å²) in [5.41, 5.74) is 17.2. The number of nitrogens with two attached hydrogens (primary N) is 1. The Kier molecular flexibility index (Phi) is 8.19. The number of thiazole rings is 1. The zero-order chi connectivity index (χ0) is 34.9. The second kappa shape index (κ2) is 13.6. The van der Waals surface area contributed by atoms with Gasteiger partial charge in [0, 0.05) is 33.2 Å². The first-order valence-corrected chi connectivity index (χ1v) is 18.1. The zero-order valence-electron chi connectivity index (χ0n) is 28.2. The molecule has 0 unspecified atom stereocenters. The number of aromatic nitrogens is 2. The van der Waals surface area contributed by atoms with Gasteiger partial charge in [0.2, 0.25) is 0 Å². The molecule has 248 valence electrons. The number of aliphatic imine (C=N–C) groups is 2. The van der Waals surface area contributed by atoms with Crippen molar-refractivity contribution in [3.8, 4) is 27.4 Å². The minimum Gasteiger partial charge on any atom is -0.383 e. The summed E-state index contributed by atoms with van der Waals surface area (Å²) in [5, 5.41) is 3.46. The summed E-state index contributed by atoms with van der Waals surface area (Å²) in [6.45, 7) is 0.465. The van der Waals surface area contributed by atoms with Crippen molar-refractivity contribution in [3.05, 3.63) is 193 Å². The SMILES string of the molecule is NC(=NC(=NCc1cccc(-c2cccc(-n3c4ccccc4c4cc(-c5nc6ccccc6s5)ccc43)c2)c1)c1ccccc1)c1ccccc1. The van der Waals surface area contributed by atoms with Gasteiger partial charge in [0.05, 0.1) is 27.8 Å². The fourth-order valence-corrected chi connectivity index (χ4v) is 7.75. The minimum atomic E-state index is 0.437. The van der Waals surface area contributed by atoms with Gasteiger partial charge in [-0.2, -0.15) is 0 Å². The molecule has 2 N–H and O–H groups in total. The smallest absolute Gasteiger partial charge is 0.157 e. The van der Waals surface area contributed by atoms with Gasteiger partial charge in [-0.3, -0.25) is 4.99 Å². The van der Waals surface area contributed by atoms with Crippen molar-refractivity contribution < 1.29 is 0 Å². The third-order valence-corrected chi connectivity index (χ3v) is 10.4. The van der Waals surface area contributed by atoms with Crippen LogP contribution in [0.15, 0.2) is 186 Å². The highest BCUT2D eigenvalue weighted by atomic mass is 32.1. The number of hydrogen-bond donors (Lipinski definition) is 1. The third-order valence-electron chi connectivity index (χ3n) is 9.32. The van der Waals surface area contributed by atoms with E-state index in [0.29, 0.717) is 18.2 Å². The molecular weight excluding hydrogens is 655 g/mol. The summed E-state index contributed by atoms with van der Waals surface area (Å²) in [6, 6.07) is 60.9. The number of amidine groups is 2. The van der Waals surface area contributed by atoms with Crippen LogP contribution < -0.4 is 5.73 Å². The lowest BCUT2D eigenvalue weighted by atomic mass is 10.0. The van der Waals surface area contributed by atoms with Crippen LogP contribution in [0, 0.1) is 0 Å². The van der Waals surface area contributed by atoms with E-state index in [9.17, 15) is 0 Å². The Hall–Kier alpha value is -6.63. The lowest BCUT2D eigenvalue weighted by Crippen LogP contribution is -2.16. The highest BCUT2D eigenvalue weighted by Gasteiger charge is 2.15. The fraction of sp³-hybridized carbons (Fsp3) is 0.0217. The maximum Gasteiger partial charge on any atom is 0.157 e. The molecular formula is C46H33N5S. The van der Waals surface area contributed by atoms with Gasteiger partial charge in [-0.15, -0.1) is 11.3 Å². The largest absolute Gasteiger partial charge is 0.383 e. The average molecular weight is 688 g/mol. The lowest BCUT2D eigenvalue weighted by molar-refractivity contribution is 1.06. The molecule has 0 saturated carbocycles. The highest BCUT2D eigenvalue weighted by Crippen LogP contribution is 2.37. The highest BCUT2D eigenvalue weighted by molar-refractivity contribution is 7.21. The van der Waals surface area contributed by atoms with Crippen LogP contribution in [0.1, 0.15) is 16.7 Å². The second-order valence-electron chi connectivity index (χ2n) is 12.7. The normalized spacial score (nSPS) is 12.2. The molecule has 0 radical (unpaired) electrons. The van der Waals surface area contributed by atoms with Gasteiger partial charge in [-0.25, -0.2) is 9.98 Å². The van der Waals surface area contributed by atoms with Crippen molar-refractivity contribution in [2.24, 2.45) is 15.7 Å². The summed E-state index contributed by atoms with van der Waals surface area (Å²) in [7, 11) is 0. The number of nitrogens with zero attached hydrogens (tertiary/aromatic N) is 4. The molecule has 9 rings (SSSR count). The van der Waals surface area contributed by atoms with E-state index < -0.39 is 0 Å². The molecule has 2 aromatic heterocycles. The van der Waals surface area contributed by atoms with Crippen LogP contribution >= 0.6 is 11.3 Å². The van der Waals surface area contributed by atoms with Crippen LogP contribution in [0.25, 0.3) is 59.4 Å². The summed E-state index contributed by atoms with van der Waals surface area (Å²) in [6.07, 6.45) is 0. The van der Waals surface area contributed by atoms with Gasteiger partial charge in [-0.05, 0) is 71.3 Å². The van der Waals surface area contributed by atoms with Crippen molar-refractivity contribution in [2.75, 3.05) is 0 Å². The van der Waals surface area contributed by atoms with E-state index >= 15 is 0 Å². The number of fused-ring (bicyclic) bond motifs is 4. The summed E-state index contributed by atoms with van der Waals surface area (Å²) in [4.78, 5) is 14.7. The van der Waals surface area contributed by atoms with Crippen molar-refractivity contribution in [1.29, 1.82) is 0 Å². The molecule has 0 aliphatic rings. The maximum absolute atomic E-state index is 6.44. The molecule has 0 aliphatic heterocycles. The standard InChI is InChI=1S/C46H33N5S/c47-44(32-14-3-1-4-15-32)50-45(33-16-5-2-6-17-33)48-30-31-13-11-18-34(27-31)35-19-12-20-37(28-35)51-41-23-9-7-21-38(41)39-29-36(25-26-42(39)51)46-49-40-22-8-10-24-43(40)52-46/h1-29H,30H2,(H2,47,48,50). The number of para-hydroxylation sites is 2. The van der Waals surface area contributed by atoms with Crippen molar-refractivity contribution >= 4 is 55.0 Å². The van der Waals surface area contributed by atoms with Crippen molar-refractivity contribution in [1.82, 2.24) is 9.55 Å². The number of benzene rings is 7. The van der Waals surface area contributed by atoms with Crippen molar-refractivity contribution in [3.63, 3.8) is 0 Å². The van der Waals surface area contributed by atoms with Gasteiger partial charge >= 0.3 is 0 Å². The number of hydrogen-bond acceptors (Lipinski definition) is 3. The average Bonchev–Trinajstić information content (AvgIpc) is 3.80. The first-order valence-electron chi connectivity index (χ1n) is 17.3. The monoisotopic (exact) mass is 687 g/mol. The van der Waals surface area contributed by atoms with E-state index in [0.717, 1.165) is 55.1 Å². The Morgan fingerprint density at radius 2 is 1.27 bits per heavy atom. The van der Waals surface area contributed by atoms with Crippen LogP contribution in [0.5, 0.6) is 0 Å². The predicted octanol–water partition coefficient (Wildman–Crippen LogP) is 11.1. The molecule has 9 aromatic rings. The van der Waals surface area contributed by atoms with E-state index in [2.05, 4.69) is 114 Å². The maximum atomic E-state index is 6.44. The van der Waals surface area contributed by atoms with Crippen LogP contribution in [0.2, 0.25) is 0 Å². The summed E-state index contributed by atoms with van der Waals surface area (Å²) < 4.78 is 3.57. The Morgan fingerprint density at radius 3 is 2.10 bits per heavy atom. The summed E-state index contributed by atoms with van der Waals surface area (Å²) >= 11 is 1.74. The van der Waals surface area contributed by atoms with E-state index in [1.165, 1.54) is 21.0 Å². The molecule has 0 fully saturated rings. The first-order chi connectivity index (χ1) is 25.7. The minimum absolute atomic E-state index is 0.437. The Labute approximate surface area is 305 Å². The second-order valence-corrected chi connectivity index (χ2v) is 13.7. The Bertz CT molecular complexity index is 2740. The van der Waals surface area contributed by atoms with Crippen LogP contribution in [0.3, 0.4) is 0 Å². The molecule has 7 aromatic carbocycles. The third kappa shape index (κ3) is 6.06. The Morgan fingerprint density at radius 1 is 0.577 bits per heavy atom. The fourth-order valence-electron chi connectivity index (χ4n) is 6.79. The van der Waals surface area contributed by atoms with Crippen LogP contribution in [-0.4, -0.2) is 21.2 Å². The van der Waals surface area contributed by atoms with E-state index in [1.807, 2.05) is 66.7 Å². The number of rotatable bonds is 7. The molecule has 52 heavy (non-hydrogen) atoms. The summed E-state index contributed by atoms with van der Waals surface area (Å²) in [5.74, 6) is 1.04. The van der Waals surface area contributed by atoms with E-state index in [-0.39, 0.29) is 0 Å². The molecule has 0 spiro atoms. The molecule has 5 nitrogen and oxygen atoms in total. The van der Waals surface area contributed by atoms with Gasteiger partial charge < -0.3 is 10.3 Å². The molecule has 0 atom stereocenters. The lowest BCUT2D eigenvalue weighted by Gasteiger charge is -2.11. The molecule has 0 aliphatic carbocycles. The molecule has 2 heterocycles. The zero-order valence-corrected chi connectivity index (χ0v) is 29.0. The van der Waals surface area contributed by atoms with Crippen molar-refractivity contribution in [2.45, 2.75) is 6.54 Å². The quantitative estimate of drug-likeness (QED) is 0.134. The van der Waals surface area contributed by atoms with Gasteiger partial charge in [-0.1, -0.05) is 121 Å².